The monoisotopic (exact) mass is 370 g/mol. The number of hydrogen-bond acceptors (Lipinski definition) is 5. The highest BCUT2D eigenvalue weighted by Gasteiger charge is 2.28. The van der Waals surface area contributed by atoms with Gasteiger partial charge in [-0.15, -0.1) is 10.2 Å². The van der Waals surface area contributed by atoms with Crippen LogP contribution in [-0.2, 0) is 0 Å². The quantitative estimate of drug-likeness (QED) is 0.840. The number of nitrogens with zero attached hydrogens (tertiary/aromatic N) is 2. The molecule has 0 bridgehead atoms. The maximum atomic E-state index is 12.5. The Morgan fingerprint density at radius 3 is 2.58 bits per heavy atom. The summed E-state index contributed by atoms with van der Waals surface area (Å²) in [5.74, 6) is 0.125. The van der Waals surface area contributed by atoms with Gasteiger partial charge in [-0.3, -0.25) is 9.59 Å². The first-order valence-electron chi connectivity index (χ1n) is 9.25. The number of benzene rings is 1. The number of nitrogens with one attached hydrogen (secondary N) is 2. The van der Waals surface area contributed by atoms with Crippen LogP contribution in [0.15, 0.2) is 24.3 Å². The minimum atomic E-state index is -0.278. The van der Waals surface area contributed by atoms with Crippen LogP contribution in [0.4, 0.5) is 5.69 Å². The van der Waals surface area contributed by atoms with Gasteiger partial charge < -0.3 is 10.6 Å². The normalized spacial score (nSPS) is 17.7. The Labute approximate surface area is 156 Å². The second-order valence-corrected chi connectivity index (χ2v) is 8.07. The fourth-order valence-electron chi connectivity index (χ4n) is 3.26. The van der Waals surface area contributed by atoms with E-state index in [0.717, 1.165) is 30.7 Å². The third-order valence-electron chi connectivity index (χ3n) is 4.88. The van der Waals surface area contributed by atoms with Crippen molar-refractivity contribution in [2.24, 2.45) is 0 Å². The van der Waals surface area contributed by atoms with Gasteiger partial charge in [0.05, 0.1) is 0 Å². The van der Waals surface area contributed by atoms with Crippen molar-refractivity contribution in [3.63, 3.8) is 0 Å². The summed E-state index contributed by atoms with van der Waals surface area (Å²) in [6.45, 7) is 0. The van der Waals surface area contributed by atoms with Gasteiger partial charge >= 0.3 is 0 Å². The average Bonchev–Trinajstić information content (AvgIpc) is 3.39. The van der Waals surface area contributed by atoms with E-state index in [4.69, 9.17) is 0 Å². The Morgan fingerprint density at radius 2 is 1.81 bits per heavy atom. The van der Waals surface area contributed by atoms with Crippen LogP contribution < -0.4 is 10.6 Å². The fourth-order valence-corrected chi connectivity index (χ4v) is 4.17. The summed E-state index contributed by atoms with van der Waals surface area (Å²) in [5, 5.41) is 15.3. The van der Waals surface area contributed by atoms with Crippen molar-refractivity contribution in [3.8, 4) is 0 Å². The van der Waals surface area contributed by atoms with Crippen molar-refractivity contribution in [1.29, 1.82) is 0 Å². The van der Waals surface area contributed by atoms with E-state index in [0.29, 0.717) is 22.2 Å². The molecule has 2 aliphatic carbocycles. The second kappa shape index (κ2) is 7.53. The van der Waals surface area contributed by atoms with Gasteiger partial charge in [-0.25, -0.2) is 0 Å². The van der Waals surface area contributed by atoms with Crippen LogP contribution in [0.2, 0.25) is 0 Å². The number of hydrogen-bond donors (Lipinski definition) is 2. The van der Waals surface area contributed by atoms with Crippen molar-refractivity contribution < 1.29 is 9.59 Å². The highest BCUT2D eigenvalue weighted by molar-refractivity contribution is 7.13. The Morgan fingerprint density at radius 1 is 1.00 bits per heavy atom. The molecule has 0 unspecified atom stereocenters. The highest BCUT2D eigenvalue weighted by Crippen LogP contribution is 2.41. The summed E-state index contributed by atoms with van der Waals surface area (Å²) in [6, 6.07) is 7.29. The molecule has 2 N–H and O–H groups in total. The lowest BCUT2D eigenvalue weighted by Gasteiger charge is -2.22. The van der Waals surface area contributed by atoms with Crippen LogP contribution in [0.1, 0.15) is 76.0 Å². The van der Waals surface area contributed by atoms with E-state index in [-0.39, 0.29) is 17.9 Å². The van der Waals surface area contributed by atoms with Gasteiger partial charge in [-0.1, -0.05) is 36.7 Å². The number of carbonyl (C=O) groups excluding carboxylic acids is 2. The van der Waals surface area contributed by atoms with Crippen molar-refractivity contribution in [3.05, 3.63) is 39.8 Å². The summed E-state index contributed by atoms with van der Waals surface area (Å²) in [5.41, 5.74) is 1.15. The summed E-state index contributed by atoms with van der Waals surface area (Å²) in [4.78, 5) is 24.8. The first kappa shape index (κ1) is 17.1. The molecule has 0 radical (unpaired) electrons. The summed E-state index contributed by atoms with van der Waals surface area (Å²) < 4.78 is 0. The third kappa shape index (κ3) is 4.09. The maximum Gasteiger partial charge on any atom is 0.286 e. The van der Waals surface area contributed by atoms with Crippen molar-refractivity contribution in [2.75, 3.05) is 5.32 Å². The molecule has 1 aromatic carbocycles. The van der Waals surface area contributed by atoms with E-state index in [1.807, 2.05) is 0 Å². The average molecular weight is 370 g/mol. The molecule has 0 aliphatic heterocycles. The standard InChI is InChI=1S/C19H22N4O2S/c24-16(20-14-6-2-1-3-7-14)13-5-4-8-15(11-13)21-17(25)19-23-22-18(26-19)12-9-10-12/h4-5,8,11-12,14H,1-3,6-7,9-10H2,(H,20,24)(H,21,25). The molecule has 0 spiro atoms. The van der Waals surface area contributed by atoms with Gasteiger partial charge in [0, 0.05) is 23.2 Å². The molecule has 7 heteroatoms. The molecule has 2 aliphatic rings. The van der Waals surface area contributed by atoms with Crippen LogP contribution in [-0.4, -0.2) is 28.1 Å². The predicted octanol–water partition coefficient (Wildman–Crippen LogP) is 3.73. The Balaban J connectivity index is 1.39. The first-order chi connectivity index (χ1) is 12.7. The zero-order valence-electron chi connectivity index (χ0n) is 14.5. The van der Waals surface area contributed by atoms with E-state index >= 15 is 0 Å². The largest absolute Gasteiger partial charge is 0.349 e. The van der Waals surface area contributed by atoms with Gasteiger partial charge in [0.25, 0.3) is 11.8 Å². The molecule has 2 amide bonds. The lowest BCUT2D eigenvalue weighted by atomic mass is 9.95. The zero-order chi connectivity index (χ0) is 17.9. The number of amides is 2. The van der Waals surface area contributed by atoms with Crippen molar-refractivity contribution >= 4 is 28.8 Å². The molecule has 1 aromatic heterocycles. The SMILES string of the molecule is O=C(NC1CCCCC1)c1cccc(NC(=O)c2nnc(C3CC3)s2)c1. The Hall–Kier alpha value is -2.28. The van der Waals surface area contributed by atoms with E-state index < -0.39 is 0 Å². The van der Waals surface area contributed by atoms with Crippen LogP contribution in [0.5, 0.6) is 0 Å². The molecular formula is C19H22N4O2S. The van der Waals surface area contributed by atoms with Crippen LogP contribution in [0.3, 0.4) is 0 Å². The molecule has 26 heavy (non-hydrogen) atoms. The topological polar surface area (TPSA) is 84.0 Å². The molecule has 2 fully saturated rings. The predicted molar refractivity (Wildman–Crippen MR) is 101 cm³/mol. The molecule has 1 heterocycles. The third-order valence-corrected chi connectivity index (χ3v) is 5.97. The maximum absolute atomic E-state index is 12.5. The second-order valence-electron chi connectivity index (χ2n) is 7.06. The highest BCUT2D eigenvalue weighted by atomic mass is 32.1. The van der Waals surface area contributed by atoms with Crippen molar-refractivity contribution in [2.45, 2.75) is 56.9 Å². The molecular weight excluding hydrogens is 348 g/mol. The number of aromatic nitrogens is 2. The van der Waals surface area contributed by atoms with Gasteiger partial charge in [-0.05, 0) is 43.9 Å². The van der Waals surface area contributed by atoms with E-state index in [1.165, 1.54) is 30.6 Å². The molecule has 136 valence electrons. The fraction of sp³-hybridized carbons (Fsp3) is 0.474. The molecule has 0 saturated heterocycles. The van der Waals surface area contributed by atoms with Crippen molar-refractivity contribution in [1.82, 2.24) is 15.5 Å². The number of carbonyl (C=O) groups is 2. The molecule has 0 atom stereocenters. The Bertz CT molecular complexity index is 809. The Kier molecular flexibility index (Phi) is 4.97. The van der Waals surface area contributed by atoms with Gasteiger partial charge in [-0.2, -0.15) is 0 Å². The summed E-state index contributed by atoms with van der Waals surface area (Å²) in [7, 11) is 0. The molecule has 6 nitrogen and oxygen atoms in total. The summed E-state index contributed by atoms with van der Waals surface area (Å²) in [6.07, 6.45) is 7.95. The molecule has 4 rings (SSSR count). The smallest absolute Gasteiger partial charge is 0.286 e. The number of rotatable bonds is 5. The van der Waals surface area contributed by atoms with E-state index in [9.17, 15) is 9.59 Å². The lowest BCUT2D eigenvalue weighted by molar-refractivity contribution is 0.0926. The summed E-state index contributed by atoms with van der Waals surface area (Å²) >= 11 is 1.35. The van der Waals surface area contributed by atoms with Crippen LogP contribution in [0.25, 0.3) is 0 Å². The zero-order valence-corrected chi connectivity index (χ0v) is 15.3. The molecule has 2 aromatic rings. The van der Waals surface area contributed by atoms with E-state index in [2.05, 4.69) is 20.8 Å². The van der Waals surface area contributed by atoms with Gasteiger partial charge in [0.1, 0.15) is 5.01 Å². The van der Waals surface area contributed by atoms with Gasteiger partial charge in [0.2, 0.25) is 5.01 Å². The van der Waals surface area contributed by atoms with Gasteiger partial charge in [0.15, 0.2) is 0 Å². The lowest BCUT2D eigenvalue weighted by Crippen LogP contribution is -2.36. The molecule has 2 saturated carbocycles. The first-order valence-corrected chi connectivity index (χ1v) is 10.1. The van der Waals surface area contributed by atoms with Crippen LogP contribution in [0, 0.1) is 0 Å². The minimum absolute atomic E-state index is 0.0834. The minimum Gasteiger partial charge on any atom is -0.349 e. The van der Waals surface area contributed by atoms with Crippen LogP contribution >= 0.6 is 11.3 Å². The van der Waals surface area contributed by atoms with E-state index in [1.54, 1.807) is 24.3 Å². The number of anilines is 1.